The minimum atomic E-state index is -3.48. The summed E-state index contributed by atoms with van der Waals surface area (Å²) in [5, 5.41) is 0. The Balaban J connectivity index is 2.11. The number of hydrogen-bond acceptors (Lipinski definition) is 3. The number of nitrogens with two attached hydrogens (primary N) is 1. The van der Waals surface area contributed by atoms with Crippen LogP contribution in [0.15, 0.2) is 23.1 Å². The van der Waals surface area contributed by atoms with Crippen LogP contribution in [0.25, 0.3) is 0 Å². The Morgan fingerprint density at radius 1 is 1.25 bits per heavy atom. The second-order valence-corrected chi connectivity index (χ2v) is 7.54. The van der Waals surface area contributed by atoms with Crippen LogP contribution >= 0.6 is 0 Å². The van der Waals surface area contributed by atoms with Crippen LogP contribution in [0.1, 0.15) is 44.6 Å². The molecule has 0 amide bonds. The fourth-order valence-electron chi connectivity index (χ4n) is 2.83. The molecule has 1 aliphatic rings. The van der Waals surface area contributed by atoms with E-state index in [1.807, 2.05) is 13.8 Å². The Labute approximate surface area is 121 Å². The molecule has 3 N–H and O–H groups in total. The molecule has 1 aliphatic carbocycles. The van der Waals surface area contributed by atoms with Gasteiger partial charge >= 0.3 is 0 Å². The van der Waals surface area contributed by atoms with Gasteiger partial charge in [0.25, 0.3) is 0 Å². The molecule has 1 aromatic carbocycles. The maximum absolute atomic E-state index is 12.4. The highest BCUT2D eigenvalue weighted by Crippen LogP contribution is 2.27. The van der Waals surface area contributed by atoms with E-state index in [1.165, 1.54) is 25.3 Å². The van der Waals surface area contributed by atoms with Gasteiger partial charge in [0.1, 0.15) is 0 Å². The lowest BCUT2D eigenvalue weighted by Gasteiger charge is -2.28. The molecule has 5 heteroatoms. The first-order valence-corrected chi connectivity index (χ1v) is 8.77. The van der Waals surface area contributed by atoms with Crippen molar-refractivity contribution in [2.24, 2.45) is 5.92 Å². The Hall–Kier alpha value is -1.07. The summed E-state index contributed by atoms with van der Waals surface area (Å²) in [5.41, 5.74) is 7.20. The second-order valence-electron chi connectivity index (χ2n) is 5.83. The summed E-state index contributed by atoms with van der Waals surface area (Å²) in [5.74, 6) is 0.446. The largest absolute Gasteiger partial charge is 0.398 e. The number of nitrogens with one attached hydrogen (secondary N) is 1. The van der Waals surface area contributed by atoms with Crippen LogP contribution in [0.3, 0.4) is 0 Å². The van der Waals surface area contributed by atoms with Crippen molar-refractivity contribution in [2.75, 3.05) is 5.73 Å². The predicted octanol–water partition coefficient (Wildman–Crippen LogP) is 2.82. The summed E-state index contributed by atoms with van der Waals surface area (Å²) >= 11 is 0. The average molecular weight is 296 g/mol. The number of aryl methyl sites for hydroxylation is 1. The van der Waals surface area contributed by atoms with Crippen LogP contribution in [0, 0.1) is 12.8 Å². The SMILES string of the molecule is Cc1ccc(S(=O)(=O)NC(C)C2CCCCC2)cc1N. The van der Waals surface area contributed by atoms with E-state index in [9.17, 15) is 8.42 Å². The molecule has 0 saturated heterocycles. The van der Waals surface area contributed by atoms with Crippen molar-refractivity contribution in [1.82, 2.24) is 4.72 Å². The highest BCUT2D eigenvalue weighted by atomic mass is 32.2. The van der Waals surface area contributed by atoms with Gasteiger partial charge < -0.3 is 5.73 Å². The first kappa shape index (κ1) is 15.3. The average Bonchev–Trinajstić information content (AvgIpc) is 2.42. The van der Waals surface area contributed by atoms with E-state index in [2.05, 4.69) is 4.72 Å². The van der Waals surface area contributed by atoms with Crippen molar-refractivity contribution < 1.29 is 8.42 Å². The number of benzene rings is 1. The molecule has 1 aromatic rings. The highest BCUT2D eigenvalue weighted by Gasteiger charge is 2.25. The van der Waals surface area contributed by atoms with Crippen molar-refractivity contribution in [3.8, 4) is 0 Å². The lowest BCUT2D eigenvalue weighted by atomic mass is 9.85. The van der Waals surface area contributed by atoms with E-state index in [4.69, 9.17) is 5.73 Å². The van der Waals surface area contributed by atoms with Crippen LogP contribution in [0.2, 0.25) is 0 Å². The quantitative estimate of drug-likeness (QED) is 0.839. The minimum Gasteiger partial charge on any atom is -0.398 e. The molecule has 112 valence electrons. The van der Waals surface area contributed by atoms with Crippen LogP contribution in [-0.4, -0.2) is 14.5 Å². The van der Waals surface area contributed by atoms with Gasteiger partial charge in [0.2, 0.25) is 10.0 Å². The predicted molar refractivity (Wildman–Crippen MR) is 81.9 cm³/mol. The highest BCUT2D eigenvalue weighted by molar-refractivity contribution is 7.89. The summed E-state index contributed by atoms with van der Waals surface area (Å²) in [7, 11) is -3.48. The summed E-state index contributed by atoms with van der Waals surface area (Å²) in [6, 6.07) is 4.87. The molecule has 0 heterocycles. The molecule has 1 unspecified atom stereocenters. The van der Waals surface area contributed by atoms with Gasteiger partial charge in [-0.1, -0.05) is 25.3 Å². The number of rotatable bonds is 4. The van der Waals surface area contributed by atoms with E-state index in [-0.39, 0.29) is 10.9 Å². The fourth-order valence-corrected chi connectivity index (χ4v) is 4.18. The molecule has 1 atom stereocenters. The lowest BCUT2D eigenvalue weighted by Crippen LogP contribution is -2.38. The maximum Gasteiger partial charge on any atom is 0.240 e. The van der Waals surface area contributed by atoms with Crippen molar-refractivity contribution >= 4 is 15.7 Å². The fraction of sp³-hybridized carbons (Fsp3) is 0.600. The van der Waals surface area contributed by atoms with Crippen LogP contribution in [-0.2, 0) is 10.0 Å². The standard InChI is InChI=1S/C15H24N2O2S/c1-11-8-9-14(10-15(11)16)20(18,19)17-12(2)13-6-4-3-5-7-13/h8-10,12-13,17H,3-7,16H2,1-2H3. The molecular formula is C15H24N2O2S. The molecule has 2 rings (SSSR count). The normalized spacial score (nSPS) is 18.9. The van der Waals surface area contributed by atoms with E-state index in [1.54, 1.807) is 12.1 Å². The number of sulfonamides is 1. The smallest absolute Gasteiger partial charge is 0.240 e. The van der Waals surface area contributed by atoms with E-state index in [0.717, 1.165) is 18.4 Å². The van der Waals surface area contributed by atoms with Crippen molar-refractivity contribution in [3.05, 3.63) is 23.8 Å². The van der Waals surface area contributed by atoms with Gasteiger partial charge in [-0.15, -0.1) is 0 Å². The van der Waals surface area contributed by atoms with Crippen molar-refractivity contribution in [2.45, 2.75) is 56.9 Å². The van der Waals surface area contributed by atoms with Gasteiger partial charge in [-0.2, -0.15) is 0 Å². The Kier molecular flexibility index (Phi) is 4.70. The van der Waals surface area contributed by atoms with Gasteiger partial charge in [0.05, 0.1) is 4.90 Å². The molecule has 4 nitrogen and oxygen atoms in total. The molecule has 0 radical (unpaired) electrons. The van der Waals surface area contributed by atoms with Gasteiger partial charge in [-0.3, -0.25) is 0 Å². The second kappa shape index (κ2) is 6.14. The number of hydrogen-bond donors (Lipinski definition) is 2. The van der Waals surface area contributed by atoms with E-state index in [0.29, 0.717) is 11.6 Å². The topological polar surface area (TPSA) is 72.2 Å². The zero-order valence-corrected chi connectivity index (χ0v) is 13.0. The summed E-state index contributed by atoms with van der Waals surface area (Å²) in [4.78, 5) is 0.253. The summed E-state index contributed by atoms with van der Waals surface area (Å²) in [6.07, 6.45) is 5.90. The summed E-state index contributed by atoms with van der Waals surface area (Å²) < 4.78 is 27.6. The zero-order valence-electron chi connectivity index (χ0n) is 12.2. The third kappa shape index (κ3) is 3.52. The number of nitrogen functional groups attached to an aromatic ring is 1. The van der Waals surface area contributed by atoms with Crippen LogP contribution in [0.4, 0.5) is 5.69 Å². The van der Waals surface area contributed by atoms with Crippen molar-refractivity contribution in [1.29, 1.82) is 0 Å². The molecule has 0 bridgehead atoms. The zero-order chi connectivity index (χ0) is 14.8. The monoisotopic (exact) mass is 296 g/mol. The van der Waals surface area contributed by atoms with Gasteiger partial charge in [0, 0.05) is 11.7 Å². The Bertz CT molecular complexity index is 563. The first-order chi connectivity index (χ1) is 9.40. The third-order valence-electron chi connectivity index (χ3n) is 4.26. The molecule has 0 spiro atoms. The van der Waals surface area contributed by atoms with Gasteiger partial charge in [-0.05, 0) is 50.3 Å². The molecule has 0 aliphatic heterocycles. The van der Waals surface area contributed by atoms with E-state index >= 15 is 0 Å². The van der Waals surface area contributed by atoms with Gasteiger partial charge in [0.15, 0.2) is 0 Å². The summed E-state index contributed by atoms with van der Waals surface area (Å²) in [6.45, 7) is 3.83. The molecular weight excluding hydrogens is 272 g/mol. The minimum absolute atomic E-state index is 0.0252. The Morgan fingerprint density at radius 2 is 1.90 bits per heavy atom. The van der Waals surface area contributed by atoms with Crippen LogP contribution < -0.4 is 10.5 Å². The lowest BCUT2D eigenvalue weighted by molar-refractivity contribution is 0.303. The molecule has 1 fully saturated rings. The molecule has 1 saturated carbocycles. The van der Waals surface area contributed by atoms with E-state index < -0.39 is 10.0 Å². The molecule has 20 heavy (non-hydrogen) atoms. The number of anilines is 1. The van der Waals surface area contributed by atoms with Crippen molar-refractivity contribution in [3.63, 3.8) is 0 Å². The first-order valence-electron chi connectivity index (χ1n) is 7.28. The Morgan fingerprint density at radius 3 is 2.50 bits per heavy atom. The van der Waals surface area contributed by atoms with Gasteiger partial charge in [-0.25, -0.2) is 13.1 Å². The third-order valence-corrected chi connectivity index (χ3v) is 5.82. The van der Waals surface area contributed by atoms with Crippen LogP contribution in [0.5, 0.6) is 0 Å². The maximum atomic E-state index is 12.4. The molecule has 0 aromatic heterocycles.